The molecule has 114 valence electrons. The van der Waals surface area contributed by atoms with Crippen LogP contribution >= 0.6 is 0 Å². The molecule has 0 saturated heterocycles. The van der Waals surface area contributed by atoms with Crippen LogP contribution in [-0.4, -0.2) is 33.0 Å². The predicted octanol–water partition coefficient (Wildman–Crippen LogP) is 2.81. The van der Waals surface area contributed by atoms with Crippen LogP contribution in [0.25, 0.3) is 0 Å². The third-order valence-corrected chi connectivity index (χ3v) is 4.36. The second kappa shape index (κ2) is 9.14. The van der Waals surface area contributed by atoms with Gasteiger partial charge in [-0.25, -0.2) is 8.42 Å². The van der Waals surface area contributed by atoms with Crippen molar-refractivity contribution in [1.82, 2.24) is 5.32 Å². The SMILES string of the molecule is CCCNC(CCCc1ccccc1)CCS(C)(=O)=O. The fourth-order valence-corrected chi connectivity index (χ4v) is 2.96. The zero-order valence-electron chi connectivity index (χ0n) is 12.6. The van der Waals surface area contributed by atoms with Gasteiger partial charge in [0.25, 0.3) is 0 Å². The maximum atomic E-state index is 11.3. The van der Waals surface area contributed by atoms with Gasteiger partial charge >= 0.3 is 0 Å². The molecule has 0 aliphatic rings. The van der Waals surface area contributed by atoms with E-state index in [-0.39, 0.29) is 5.75 Å². The molecule has 0 fully saturated rings. The summed E-state index contributed by atoms with van der Waals surface area (Å²) in [5.41, 5.74) is 1.35. The maximum absolute atomic E-state index is 11.3. The fourth-order valence-electron chi connectivity index (χ4n) is 2.25. The Kier molecular flexibility index (Phi) is 7.85. The molecular weight excluding hydrogens is 270 g/mol. The molecule has 0 radical (unpaired) electrons. The highest BCUT2D eigenvalue weighted by Crippen LogP contribution is 2.09. The molecule has 1 aromatic rings. The molecule has 4 heteroatoms. The van der Waals surface area contributed by atoms with Crippen molar-refractivity contribution in [2.45, 2.75) is 45.1 Å². The average Bonchev–Trinajstić information content (AvgIpc) is 2.41. The number of hydrogen-bond acceptors (Lipinski definition) is 3. The van der Waals surface area contributed by atoms with Gasteiger partial charge in [0.05, 0.1) is 5.75 Å². The van der Waals surface area contributed by atoms with Crippen LogP contribution in [0.5, 0.6) is 0 Å². The smallest absolute Gasteiger partial charge is 0.147 e. The third-order valence-electron chi connectivity index (χ3n) is 3.38. The zero-order valence-corrected chi connectivity index (χ0v) is 13.5. The highest BCUT2D eigenvalue weighted by atomic mass is 32.2. The van der Waals surface area contributed by atoms with E-state index in [9.17, 15) is 8.42 Å². The Labute approximate surface area is 123 Å². The fraction of sp³-hybridized carbons (Fsp3) is 0.625. The molecule has 3 nitrogen and oxygen atoms in total. The van der Waals surface area contributed by atoms with Gasteiger partial charge in [0, 0.05) is 12.3 Å². The molecule has 1 unspecified atom stereocenters. The summed E-state index contributed by atoms with van der Waals surface area (Å²) >= 11 is 0. The first-order valence-corrected chi connectivity index (χ1v) is 9.52. The van der Waals surface area contributed by atoms with Crippen LogP contribution in [0.1, 0.15) is 38.2 Å². The molecule has 0 heterocycles. The number of sulfone groups is 1. The van der Waals surface area contributed by atoms with Crippen molar-refractivity contribution >= 4 is 9.84 Å². The Morgan fingerprint density at radius 1 is 1.15 bits per heavy atom. The number of nitrogens with one attached hydrogen (secondary N) is 1. The maximum Gasteiger partial charge on any atom is 0.147 e. The van der Waals surface area contributed by atoms with Gasteiger partial charge in [0.1, 0.15) is 9.84 Å². The van der Waals surface area contributed by atoms with Gasteiger partial charge in [-0.15, -0.1) is 0 Å². The van der Waals surface area contributed by atoms with Gasteiger partial charge in [0.2, 0.25) is 0 Å². The molecule has 0 aliphatic heterocycles. The lowest BCUT2D eigenvalue weighted by molar-refractivity contribution is 0.454. The van der Waals surface area contributed by atoms with E-state index in [0.717, 1.165) is 32.2 Å². The van der Waals surface area contributed by atoms with Crippen molar-refractivity contribution in [2.24, 2.45) is 0 Å². The minimum atomic E-state index is -2.86. The van der Waals surface area contributed by atoms with Crippen LogP contribution in [0.2, 0.25) is 0 Å². The Balaban J connectivity index is 2.35. The molecule has 1 N–H and O–H groups in total. The molecule has 1 atom stereocenters. The third kappa shape index (κ3) is 8.33. The van der Waals surface area contributed by atoms with Crippen molar-refractivity contribution < 1.29 is 8.42 Å². The van der Waals surface area contributed by atoms with Gasteiger partial charge in [-0.3, -0.25) is 0 Å². The second-order valence-electron chi connectivity index (χ2n) is 5.45. The summed E-state index contributed by atoms with van der Waals surface area (Å²) in [7, 11) is -2.86. The largest absolute Gasteiger partial charge is 0.314 e. The molecule has 0 saturated carbocycles. The van der Waals surface area contributed by atoms with E-state index in [2.05, 4.69) is 36.5 Å². The van der Waals surface area contributed by atoms with Crippen molar-refractivity contribution in [3.05, 3.63) is 35.9 Å². The van der Waals surface area contributed by atoms with Crippen LogP contribution in [0.3, 0.4) is 0 Å². The van der Waals surface area contributed by atoms with Gasteiger partial charge in [-0.2, -0.15) is 0 Å². The first-order valence-electron chi connectivity index (χ1n) is 7.46. The van der Waals surface area contributed by atoms with E-state index >= 15 is 0 Å². The molecule has 0 bridgehead atoms. The standard InChI is InChI=1S/C16H27NO2S/c1-3-13-17-16(12-14-20(2,18)19)11-7-10-15-8-5-4-6-9-15/h4-6,8-9,16-17H,3,7,10-14H2,1-2H3. The first-order chi connectivity index (χ1) is 9.51. The molecular formula is C16H27NO2S. The first kappa shape index (κ1) is 17.2. The average molecular weight is 297 g/mol. The molecule has 0 aromatic heterocycles. The van der Waals surface area contributed by atoms with Gasteiger partial charge in [-0.1, -0.05) is 37.3 Å². The quantitative estimate of drug-likeness (QED) is 0.722. The highest BCUT2D eigenvalue weighted by Gasteiger charge is 2.11. The second-order valence-corrected chi connectivity index (χ2v) is 7.71. The molecule has 1 rings (SSSR count). The summed E-state index contributed by atoms with van der Waals surface area (Å²) in [6.45, 7) is 3.09. The zero-order chi connectivity index (χ0) is 14.8. The molecule has 1 aromatic carbocycles. The number of aryl methyl sites for hydroxylation is 1. The molecule has 0 spiro atoms. The van der Waals surface area contributed by atoms with E-state index < -0.39 is 9.84 Å². The van der Waals surface area contributed by atoms with Crippen molar-refractivity contribution in [3.8, 4) is 0 Å². The monoisotopic (exact) mass is 297 g/mol. The van der Waals surface area contributed by atoms with Crippen LogP contribution in [-0.2, 0) is 16.3 Å². The van der Waals surface area contributed by atoms with Gasteiger partial charge in [-0.05, 0) is 44.2 Å². The summed E-state index contributed by atoms with van der Waals surface area (Å²) < 4.78 is 22.6. The summed E-state index contributed by atoms with van der Waals surface area (Å²) in [5, 5.41) is 3.46. The van der Waals surface area contributed by atoms with Crippen molar-refractivity contribution in [2.75, 3.05) is 18.6 Å². The summed E-state index contributed by atoms with van der Waals surface area (Å²) in [6.07, 6.45) is 6.29. The van der Waals surface area contributed by atoms with Gasteiger partial charge in [0.15, 0.2) is 0 Å². The highest BCUT2D eigenvalue weighted by molar-refractivity contribution is 7.90. The lowest BCUT2D eigenvalue weighted by Gasteiger charge is -2.18. The number of rotatable bonds is 10. The van der Waals surface area contributed by atoms with Crippen LogP contribution in [0.4, 0.5) is 0 Å². The summed E-state index contributed by atoms with van der Waals surface area (Å²) in [4.78, 5) is 0. The number of benzene rings is 1. The van der Waals surface area contributed by atoms with Crippen LogP contribution in [0, 0.1) is 0 Å². The summed E-state index contributed by atoms with van der Waals surface area (Å²) in [6, 6.07) is 10.8. The lowest BCUT2D eigenvalue weighted by atomic mass is 10.0. The predicted molar refractivity (Wildman–Crippen MR) is 85.8 cm³/mol. The lowest BCUT2D eigenvalue weighted by Crippen LogP contribution is -2.31. The van der Waals surface area contributed by atoms with E-state index in [0.29, 0.717) is 12.5 Å². The van der Waals surface area contributed by atoms with Crippen molar-refractivity contribution in [3.63, 3.8) is 0 Å². The minimum absolute atomic E-state index is 0.277. The van der Waals surface area contributed by atoms with E-state index in [1.165, 1.54) is 11.8 Å². The molecule has 0 amide bonds. The Hall–Kier alpha value is -0.870. The van der Waals surface area contributed by atoms with Gasteiger partial charge < -0.3 is 5.32 Å². The Bertz CT molecular complexity index is 457. The van der Waals surface area contributed by atoms with E-state index in [1.807, 2.05) is 6.07 Å². The Morgan fingerprint density at radius 3 is 2.45 bits per heavy atom. The molecule has 20 heavy (non-hydrogen) atoms. The topological polar surface area (TPSA) is 46.2 Å². The normalized spacial score (nSPS) is 13.3. The summed E-state index contributed by atoms with van der Waals surface area (Å²) in [5.74, 6) is 0.277. The Morgan fingerprint density at radius 2 is 1.85 bits per heavy atom. The van der Waals surface area contributed by atoms with E-state index in [1.54, 1.807) is 0 Å². The van der Waals surface area contributed by atoms with Crippen LogP contribution < -0.4 is 5.32 Å². The minimum Gasteiger partial charge on any atom is -0.314 e. The van der Waals surface area contributed by atoms with Crippen LogP contribution in [0.15, 0.2) is 30.3 Å². The van der Waals surface area contributed by atoms with E-state index in [4.69, 9.17) is 0 Å². The molecule has 0 aliphatic carbocycles. The van der Waals surface area contributed by atoms with Crippen molar-refractivity contribution in [1.29, 1.82) is 0 Å². The number of hydrogen-bond donors (Lipinski definition) is 1.